The summed E-state index contributed by atoms with van der Waals surface area (Å²) in [5.41, 5.74) is 2.94. The van der Waals surface area contributed by atoms with Crippen molar-refractivity contribution in [3.63, 3.8) is 0 Å². The van der Waals surface area contributed by atoms with E-state index in [0.717, 1.165) is 36.2 Å². The zero-order valence-corrected chi connectivity index (χ0v) is 16.1. The third-order valence-electron chi connectivity index (χ3n) is 4.86. The molecule has 1 saturated carbocycles. The Bertz CT molecular complexity index is 623. The van der Waals surface area contributed by atoms with Crippen molar-refractivity contribution in [1.82, 2.24) is 4.90 Å². The molecular formula is C20H31N3O2. The van der Waals surface area contributed by atoms with Crippen LogP contribution in [0.25, 0.3) is 0 Å². The largest absolute Gasteiger partial charge is 0.377 e. The van der Waals surface area contributed by atoms with Crippen molar-refractivity contribution >= 4 is 23.2 Å². The monoisotopic (exact) mass is 345 g/mol. The second-order valence-electron chi connectivity index (χ2n) is 7.13. The number of nitrogens with zero attached hydrogens (tertiary/aromatic N) is 2. The molecule has 1 fully saturated rings. The van der Waals surface area contributed by atoms with Crippen LogP contribution in [-0.2, 0) is 16.1 Å². The fourth-order valence-corrected chi connectivity index (χ4v) is 2.91. The van der Waals surface area contributed by atoms with Crippen molar-refractivity contribution in [3.8, 4) is 0 Å². The number of rotatable bonds is 8. The molecule has 0 unspecified atom stereocenters. The van der Waals surface area contributed by atoms with Gasteiger partial charge in [-0.3, -0.25) is 9.59 Å². The minimum Gasteiger partial charge on any atom is -0.377 e. The summed E-state index contributed by atoms with van der Waals surface area (Å²) in [5.74, 6) is 0.439. The zero-order valence-electron chi connectivity index (χ0n) is 16.1. The van der Waals surface area contributed by atoms with E-state index >= 15 is 0 Å². The van der Waals surface area contributed by atoms with E-state index in [4.69, 9.17) is 0 Å². The van der Waals surface area contributed by atoms with Gasteiger partial charge in [0.05, 0.1) is 0 Å². The minimum atomic E-state index is 0.104. The lowest BCUT2D eigenvalue weighted by atomic mass is 10.1. The molecule has 5 nitrogen and oxygen atoms in total. The fraction of sp³-hybridized carbons (Fsp3) is 0.600. The maximum Gasteiger partial charge on any atom is 0.227 e. The molecule has 138 valence electrons. The van der Waals surface area contributed by atoms with Gasteiger partial charge in [0, 0.05) is 50.4 Å². The summed E-state index contributed by atoms with van der Waals surface area (Å²) < 4.78 is 0. The molecule has 0 bridgehead atoms. The summed E-state index contributed by atoms with van der Waals surface area (Å²) in [6.07, 6.45) is 3.39. The van der Waals surface area contributed by atoms with Crippen LogP contribution < -0.4 is 10.2 Å². The predicted molar refractivity (Wildman–Crippen MR) is 103 cm³/mol. The summed E-state index contributed by atoms with van der Waals surface area (Å²) in [5, 5.41) is 3.01. The third-order valence-corrected chi connectivity index (χ3v) is 4.86. The summed E-state index contributed by atoms with van der Waals surface area (Å²) in [4.78, 5) is 28.4. The number of hydrogen-bond acceptors (Lipinski definition) is 3. The van der Waals surface area contributed by atoms with Crippen LogP contribution in [0.3, 0.4) is 0 Å². The zero-order chi connectivity index (χ0) is 18.6. The molecule has 1 atom stereocenters. The van der Waals surface area contributed by atoms with E-state index in [9.17, 15) is 9.59 Å². The van der Waals surface area contributed by atoms with Gasteiger partial charge in [-0.1, -0.05) is 13.8 Å². The van der Waals surface area contributed by atoms with Crippen LogP contribution in [0, 0.1) is 5.92 Å². The van der Waals surface area contributed by atoms with Crippen molar-refractivity contribution in [1.29, 1.82) is 0 Å². The average Bonchev–Trinajstić information content (AvgIpc) is 3.43. The lowest BCUT2D eigenvalue weighted by Gasteiger charge is -2.30. The Morgan fingerprint density at radius 2 is 1.92 bits per heavy atom. The lowest BCUT2D eigenvalue weighted by Crippen LogP contribution is -2.37. The van der Waals surface area contributed by atoms with Gasteiger partial charge in [0.25, 0.3) is 0 Å². The van der Waals surface area contributed by atoms with Crippen molar-refractivity contribution < 1.29 is 9.59 Å². The number of anilines is 2. The molecule has 0 heterocycles. The van der Waals surface area contributed by atoms with Gasteiger partial charge in [0.2, 0.25) is 11.8 Å². The number of carbonyl (C=O) groups excluding carboxylic acids is 2. The number of amides is 2. The molecular weight excluding hydrogens is 314 g/mol. The van der Waals surface area contributed by atoms with Crippen molar-refractivity contribution in [2.75, 3.05) is 24.3 Å². The van der Waals surface area contributed by atoms with Gasteiger partial charge in [-0.15, -0.1) is 0 Å². The highest BCUT2D eigenvalue weighted by molar-refractivity contribution is 5.94. The highest BCUT2D eigenvalue weighted by atomic mass is 16.2. The maximum atomic E-state index is 12.4. The maximum absolute atomic E-state index is 12.4. The second-order valence-corrected chi connectivity index (χ2v) is 7.13. The Morgan fingerprint density at radius 1 is 1.24 bits per heavy atom. The quantitative estimate of drug-likeness (QED) is 0.782. The normalized spacial score (nSPS) is 14.8. The molecule has 2 amide bonds. The number of nitrogens with one attached hydrogen (secondary N) is 1. The Morgan fingerprint density at radius 3 is 2.44 bits per heavy atom. The molecule has 2 rings (SSSR count). The van der Waals surface area contributed by atoms with E-state index in [0.29, 0.717) is 13.0 Å². The number of carbonyl (C=O) groups is 2. The SMILES string of the molecule is CCC(=O)N(Cc1cc(NC(=O)C2CC2)ccc1N(C)C)[C@@H](C)CC. The van der Waals surface area contributed by atoms with Crippen LogP contribution in [0.15, 0.2) is 18.2 Å². The van der Waals surface area contributed by atoms with E-state index in [2.05, 4.69) is 19.2 Å². The predicted octanol–water partition coefficient (Wildman–Crippen LogP) is 3.64. The molecule has 1 N–H and O–H groups in total. The Hall–Kier alpha value is -2.04. The molecule has 1 aromatic rings. The molecule has 0 aliphatic heterocycles. The van der Waals surface area contributed by atoms with Gasteiger partial charge in [0.1, 0.15) is 0 Å². The van der Waals surface area contributed by atoms with Crippen LogP contribution in [0.2, 0.25) is 0 Å². The molecule has 1 aliphatic rings. The number of benzene rings is 1. The van der Waals surface area contributed by atoms with Crippen molar-refractivity contribution in [2.24, 2.45) is 5.92 Å². The van der Waals surface area contributed by atoms with Crippen LogP contribution >= 0.6 is 0 Å². The van der Waals surface area contributed by atoms with E-state index in [1.165, 1.54) is 0 Å². The van der Waals surface area contributed by atoms with E-state index in [1.807, 2.05) is 49.0 Å². The van der Waals surface area contributed by atoms with E-state index in [1.54, 1.807) is 0 Å². The smallest absolute Gasteiger partial charge is 0.227 e. The molecule has 25 heavy (non-hydrogen) atoms. The van der Waals surface area contributed by atoms with Crippen LogP contribution in [0.4, 0.5) is 11.4 Å². The van der Waals surface area contributed by atoms with Crippen LogP contribution in [-0.4, -0.2) is 36.9 Å². The lowest BCUT2D eigenvalue weighted by molar-refractivity contribution is -0.133. The fourth-order valence-electron chi connectivity index (χ4n) is 2.91. The molecule has 0 aromatic heterocycles. The molecule has 1 aliphatic carbocycles. The highest BCUT2D eigenvalue weighted by Gasteiger charge is 2.29. The summed E-state index contributed by atoms with van der Waals surface area (Å²) in [7, 11) is 3.99. The first-order chi connectivity index (χ1) is 11.9. The van der Waals surface area contributed by atoms with Crippen LogP contribution in [0.5, 0.6) is 0 Å². The van der Waals surface area contributed by atoms with Gasteiger partial charge in [0.15, 0.2) is 0 Å². The Kier molecular flexibility index (Phi) is 6.45. The first kappa shape index (κ1) is 19.3. The first-order valence-electron chi connectivity index (χ1n) is 9.27. The van der Waals surface area contributed by atoms with E-state index < -0.39 is 0 Å². The van der Waals surface area contributed by atoms with Gasteiger partial charge < -0.3 is 15.1 Å². The third kappa shape index (κ3) is 4.97. The van der Waals surface area contributed by atoms with E-state index in [-0.39, 0.29) is 23.8 Å². The standard InChI is InChI=1S/C20H31N3O2/c1-6-14(3)23(19(24)7-2)13-16-12-17(10-11-18(16)22(4)5)21-20(25)15-8-9-15/h10-12,14-15H,6-9,13H2,1-5H3,(H,21,25)/t14-/m0/s1. The molecule has 1 aromatic carbocycles. The van der Waals surface area contributed by atoms with Crippen molar-refractivity contribution in [3.05, 3.63) is 23.8 Å². The Labute approximate surface area is 151 Å². The topological polar surface area (TPSA) is 52.7 Å². The van der Waals surface area contributed by atoms with Crippen LogP contribution in [0.1, 0.15) is 52.0 Å². The second kappa shape index (κ2) is 8.37. The summed E-state index contributed by atoms with van der Waals surface area (Å²) >= 11 is 0. The Balaban J connectivity index is 2.27. The van der Waals surface area contributed by atoms with Gasteiger partial charge in [-0.05, 0) is 49.9 Å². The average molecular weight is 345 g/mol. The first-order valence-corrected chi connectivity index (χ1v) is 9.27. The molecule has 0 radical (unpaired) electrons. The molecule has 0 spiro atoms. The van der Waals surface area contributed by atoms with Gasteiger partial charge in [-0.25, -0.2) is 0 Å². The number of hydrogen-bond donors (Lipinski definition) is 1. The van der Waals surface area contributed by atoms with Crippen molar-refractivity contribution in [2.45, 2.75) is 59.0 Å². The van der Waals surface area contributed by atoms with Gasteiger partial charge in [-0.2, -0.15) is 0 Å². The van der Waals surface area contributed by atoms with Gasteiger partial charge >= 0.3 is 0 Å². The molecule has 0 saturated heterocycles. The summed E-state index contributed by atoms with van der Waals surface area (Å²) in [6.45, 7) is 6.64. The highest BCUT2D eigenvalue weighted by Crippen LogP contribution is 2.31. The molecule has 5 heteroatoms. The minimum absolute atomic E-state index is 0.104. The summed E-state index contributed by atoms with van der Waals surface area (Å²) in [6, 6.07) is 6.15.